The highest BCUT2D eigenvalue weighted by Crippen LogP contribution is 2.27. The summed E-state index contributed by atoms with van der Waals surface area (Å²) in [6, 6.07) is 3.32. The highest BCUT2D eigenvalue weighted by molar-refractivity contribution is 7.91. The van der Waals surface area contributed by atoms with Gasteiger partial charge in [0, 0.05) is 30.6 Å². The zero-order chi connectivity index (χ0) is 13.9. The normalized spacial score (nSPS) is 23.3. The molecule has 7 heteroatoms. The summed E-state index contributed by atoms with van der Waals surface area (Å²) in [6.07, 6.45) is 2.16. The summed E-state index contributed by atoms with van der Waals surface area (Å²) >= 11 is 1.21. The van der Waals surface area contributed by atoms with E-state index in [0.29, 0.717) is 17.2 Å². The van der Waals surface area contributed by atoms with Gasteiger partial charge in [-0.05, 0) is 31.9 Å². The average molecular weight is 305 g/mol. The van der Waals surface area contributed by atoms with Gasteiger partial charge in [-0.25, -0.2) is 13.1 Å². The first-order valence-corrected chi connectivity index (χ1v) is 8.68. The first kappa shape index (κ1) is 14.9. The van der Waals surface area contributed by atoms with Crippen LogP contribution in [0, 0.1) is 0 Å². The molecule has 108 valence electrons. The highest BCUT2D eigenvalue weighted by atomic mass is 32.2. The van der Waals surface area contributed by atoms with Crippen LogP contribution in [0.2, 0.25) is 0 Å². The van der Waals surface area contributed by atoms with Crippen LogP contribution in [-0.2, 0) is 21.2 Å². The fourth-order valence-corrected chi connectivity index (χ4v) is 4.68. The number of aliphatic hydroxyl groups excluding tert-OH is 1. The Bertz CT molecular complexity index is 506. The van der Waals surface area contributed by atoms with Crippen LogP contribution >= 0.6 is 11.3 Å². The maximum Gasteiger partial charge on any atom is 0.250 e. The molecule has 0 aromatic carbocycles. The number of nitrogens with one attached hydrogen (secondary N) is 1. The van der Waals surface area contributed by atoms with Crippen molar-refractivity contribution in [3.8, 4) is 0 Å². The van der Waals surface area contributed by atoms with E-state index in [9.17, 15) is 8.42 Å². The van der Waals surface area contributed by atoms with Crippen molar-refractivity contribution in [1.29, 1.82) is 0 Å². The number of hydrogen-bond donors (Lipinski definition) is 2. The second-order valence-corrected chi connectivity index (χ2v) is 7.67. The zero-order valence-corrected chi connectivity index (χ0v) is 12.5. The molecule has 1 aromatic heterocycles. The van der Waals surface area contributed by atoms with E-state index in [4.69, 9.17) is 9.84 Å². The second-order valence-electron chi connectivity index (χ2n) is 4.56. The number of aliphatic hydroxyl groups is 1. The van der Waals surface area contributed by atoms with Crippen molar-refractivity contribution in [2.24, 2.45) is 0 Å². The van der Waals surface area contributed by atoms with E-state index < -0.39 is 10.0 Å². The number of sulfonamides is 1. The van der Waals surface area contributed by atoms with Crippen LogP contribution in [0.4, 0.5) is 0 Å². The molecule has 1 aliphatic rings. The zero-order valence-electron chi connectivity index (χ0n) is 10.8. The minimum Gasteiger partial charge on any atom is -0.396 e. The molecule has 0 radical (unpaired) electrons. The third kappa shape index (κ3) is 3.76. The Labute approximate surface area is 117 Å². The summed E-state index contributed by atoms with van der Waals surface area (Å²) in [4.78, 5) is 0.878. The summed E-state index contributed by atoms with van der Waals surface area (Å²) in [5.41, 5.74) is 0. The van der Waals surface area contributed by atoms with Crippen LogP contribution in [0.5, 0.6) is 0 Å². The molecule has 0 spiro atoms. The molecule has 0 saturated heterocycles. The molecular formula is C12H19NO4S2. The van der Waals surface area contributed by atoms with E-state index in [1.165, 1.54) is 11.3 Å². The molecule has 5 nitrogen and oxygen atoms in total. The van der Waals surface area contributed by atoms with E-state index in [0.717, 1.165) is 17.7 Å². The Morgan fingerprint density at radius 2 is 2.21 bits per heavy atom. The van der Waals surface area contributed by atoms with Gasteiger partial charge >= 0.3 is 0 Å². The van der Waals surface area contributed by atoms with Gasteiger partial charge in [0.05, 0.1) is 6.10 Å². The fourth-order valence-electron chi connectivity index (χ4n) is 2.06. The van der Waals surface area contributed by atoms with Crippen LogP contribution in [0.1, 0.15) is 24.6 Å². The summed E-state index contributed by atoms with van der Waals surface area (Å²) in [6.45, 7) is 2.64. The Kier molecular flexibility index (Phi) is 4.97. The number of thiophene rings is 1. The third-order valence-electron chi connectivity index (χ3n) is 3.08. The van der Waals surface area contributed by atoms with Crippen LogP contribution in [-0.4, -0.2) is 38.9 Å². The van der Waals surface area contributed by atoms with Crippen molar-refractivity contribution < 1.29 is 18.3 Å². The molecule has 0 bridgehead atoms. The minimum atomic E-state index is -3.42. The monoisotopic (exact) mass is 305 g/mol. The Morgan fingerprint density at radius 1 is 1.47 bits per heavy atom. The second kappa shape index (κ2) is 6.32. The highest BCUT2D eigenvalue weighted by Gasteiger charge is 2.33. The van der Waals surface area contributed by atoms with E-state index in [-0.39, 0.29) is 18.8 Å². The van der Waals surface area contributed by atoms with Gasteiger partial charge in [-0.15, -0.1) is 11.3 Å². The number of ether oxygens (including phenoxy) is 1. The molecule has 0 unspecified atom stereocenters. The first-order valence-electron chi connectivity index (χ1n) is 6.38. The maximum atomic E-state index is 12.1. The van der Waals surface area contributed by atoms with Crippen molar-refractivity contribution in [3.63, 3.8) is 0 Å². The molecule has 0 amide bonds. The van der Waals surface area contributed by atoms with E-state index >= 15 is 0 Å². The SMILES string of the molecule is CCOC1CC(NS(=O)(=O)c2ccc(CCO)s2)C1. The van der Waals surface area contributed by atoms with Crippen molar-refractivity contribution in [3.05, 3.63) is 17.0 Å². The molecule has 19 heavy (non-hydrogen) atoms. The topological polar surface area (TPSA) is 75.6 Å². The van der Waals surface area contributed by atoms with Gasteiger partial charge in [-0.3, -0.25) is 0 Å². The summed E-state index contributed by atoms with van der Waals surface area (Å²) in [7, 11) is -3.42. The molecule has 1 heterocycles. The third-order valence-corrected chi connectivity index (χ3v) is 6.24. The predicted octanol–water partition coefficient (Wildman–Crippen LogP) is 1.13. The van der Waals surface area contributed by atoms with Crippen molar-refractivity contribution in [2.45, 2.75) is 42.5 Å². The summed E-state index contributed by atoms with van der Waals surface area (Å²) in [5, 5.41) is 8.83. The Balaban J connectivity index is 1.91. The minimum absolute atomic E-state index is 0.0232. The van der Waals surface area contributed by atoms with Gasteiger partial charge in [0.1, 0.15) is 4.21 Å². The molecular weight excluding hydrogens is 286 g/mol. The quantitative estimate of drug-likeness (QED) is 0.792. The largest absolute Gasteiger partial charge is 0.396 e. The fraction of sp³-hybridized carbons (Fsp3) is 0.667. The lowest BCUT2D eigenvalue weighted by molar-refractivity contribution is -0.00474. The van der Waals surface area contributed by atoms with Gasteiger partial charge < -0.3 is 9.84 Å². The van der Waals surface area contributed by atoms with E-state index in [1.807, 2.05) is 6.92 Å². The molecule has 0 atom stereocenters. The summed E-state index contributed by atoms with van der Waals surface area (Å²) in [5.74, 6) is 0. The molecule has 1 fully saturated rings. The molecule has 1 saturated carbocycles. The van der Waals surface area contributed by atoms with Crippen LogP contribution in [0.3, 0.4) is 0 Å². The average Bonchev–Trinajstić information content (AvgIpc) is 2.76. The van der Waals surface area contributed by atoms with Gasteiger partial charge in [0.15, 0.2) is 0 Å². The number of rotatable bonds is 7. The van der Waals surface area contributed by atoms with Crippen molar-refractivity contribution in [1.82, 2.24) is 4.72 Å². The smallest absolute Gasteiger partial charge is 0.250 e. The van der Waals surface area contributed by atoms with Gasteiger partial charge in [0.25, 0.3) is 0 Å². The van der Waals surface area contributed by atoms with Gasteiger partial charge in [-0.1, -0.05) is 0 Å². The molecule has 2 rings (SSSR count). The lowest BCUT2D eigenvalue weighted by Gasteiger charge is -2.34. The Morgan fingerprint density at radius 3 is 2.84 bits per heavy atom. The maximum absolute atomic E-state index is 12.1. The summed E-state index contributed by atoms with van der Waals surface area (Å²) < 4.78 is 32.6. The predicted molar refractivity (Wildman–Crippen MR) is 73.9 cm³/mol. The lowest BCUT2D eigenvalue weighted by atomic mass is 9.90. The Hall–Kier alpha value is -0.470. The van der Waals surface area contributed by atoms with Gasteiger partial charge in [0.2, 0.25) is 10.0 Å². The van der Waals surface area contributed by atoms with Crippen molar-refractivity contribution >= 4 is 21.4 Å². The molecule has 0 aliphatic heterocycles. The van der Waals surface area contributed by atoms with Crippen LogP contribution < -0.4 is 4.72 Å². The molecule has 2 N–H and O–H groups in total. The van der Waals surface area contributed by atoms with Gasteiger partial charge in [-0.2, -0.15) is 0 Å². The molecule has 1 aliphatic carbocycles. The van der Waals surface area contributed by atoms with Crippen LogP contribution in [0.15, 0.2) is 16.3 Å². The molecule has 1 aromatic rings. The number of hydrogen-bond acceptors (Lipinski definition) is 5. The first-order chi connectivity index (χ1) is 9.05. The van der Waals surface area contributed by atoms with Crippen molar-refractivity contribution in [2.75, 3.05) is 13.2 Å². The van der Waals surface area contributed by atoms with E-state index in [2.05, 4.69) is 4.72 Å². The standard InChI is InChI=1S/C12H19NO4S2/c1-2-17-10-7-9(8-10)13-19(15,16)12-4-3-11(18-12)5-6-14/h3-4,9-10,13-14H,2,5-8H2,1H3. The van der Waals surface area contributed by atoms with E-state index in [1.54, 1.807) is 12.1 Å². The van der Waals surface area contributed by atoms with Crippen LogP contribution in [0.25, 0.3) is 0 Å². The lowest BCUT2D eigenvalue weighted by Crippen LogP contribution is -2.47.